The van der Waals surface area contributed by atoms with Gasteiger partial charge in [0.05, 0.1) is 11.1 Å². The van der Waals surface area contributed by atoms with E-state index in [1.807, 2.05) is 0 Å². The number of imide groups is 1. The third kappa shape index (κ3) is 4.68. The van der Waals surface area contributed by atoms with Gasteiger partial charge in [-0.3, -0.25) is 14.5 Å². The molecule has 0 N–H and O–H groups in total. The molecule has 2 amide bonds. The van der Waals surface area contributed by atoms with Crippen LogP contribution in [0, 0.1) is 0 Å². The molecule has 142 valence electrons. The van der Waals surface area contributed by atoms with Gasteiger partial charge < -0.3 is 4.74 Å². The van der Waals surface area contributed by atoms with Crippen LogP contribution in [-0.4, -0.2) is 29.6 Å². The van der Waals surface area contributed by atoms with E-state index < -0.39 is 6.36 Å². The summed E-state index contributed by atoms with van der Waals surface area (Å²) < 4.78 is 41.5. The number of ether oxygens (including phenoxy) is 1. The molecule has 0 atom stereocenters. The lowest BCUT2D eigenvalue weighted by Gasteiger charge is -2.14. The summed E-state index contributed by atoms with van der Waals surface area (Å²) in [6.45, 7) is 0.270. The maximum atomic E-state index is 12.4. The van der Waals surface area contributed by atoms with Gasteiger partial charge in [-0.2, -0.15) is 0 Å². The highest BCUT2D eigenvalue weighted by Gasteiger charge is 2.34. The van der Waals surface area contributed by atoms with E-state index in [4.69, 9.17) is 0 Å². The summed E-state index contributed by atoms with van der Waals surface area (Å²) in [5, 5.41) is 0. The van der Waals surface area contributed by atoms with Crippen LogP contribution in [0.15, 0.2) is 46.9 Å². The van der Waals surface area contributed by atoms with Crippen LogP contribution in [0.1, 0.15) is 39.1 Å². The molecule has 1 aliphatic rings. The number of unbranched alkanes of at least 4 members (excludes halogenated alkanes) is 1. The van der Waals surface area contributed by atoms with Crippen molar-refractivity contribution in [3.05, 3.63) is 63.6 Å². The molecule has 27 heavy (non-hydrogen) atoms. The fourth-order valence-corrected chi connectivity index (χ4v) is 3.52. The predicted molar refractivity (Wildman–Crippen MR) is 95.6 cm³/mol. The molecule has 0 aromatic heterocycles. The fourth-order valence-electron chi connectivity index (χ4n) is 3.00. The van der Waals surface area contributed by atoms with E-state index in [0.29, 0.717) is 40.4 Å². The van der Waals surface area contributed by atoms with Crippen LogP contribution in [0.3, 0.4) is 0 Å². The highest BCUT2D eigenvalue weighted by atomic mass is 79.9. The monoisotopic (exact) mass is 441 g/mol. The second-order valence-electron chi connectivity index (χ2n) is 6.11. The van der Waals surface area contributed by atoms with Gasteiger partial charge in [0.2, 0.25) is 0 Å². The van der Waals surface area contributed by atoms with Crippen molar-refractivity contribution in [1.82, 2.24) is 4.90 Å². The number of carbonyl (C=O) groups is 2. The molecule has 2 aromatic carbocycles. The second kappa shape index (κ2) is 7.72. The molecule has 2 aromatic rings. The van der Waals surface area contributed by atoms with Crippen LogP contribution in [-0.2, 0) is 6.42 Å². The lowest BCUT2D eigenvalue weighted by molar-refractivity contribution is -0.274. The Morgan fingerprint density at radius 2 is 1.59 bits per heavy atom. The van der Waals surface area contributed by atoms with Crippen molar-refractivity contribution in [2.75, 3.05) is 6.54 Å². The number of aryl methyl sites for hydroxylation is 1. The van der Waals surface area contributed by atoms with E-state index in [1.165, 1.54) is 17.0 Å². The summed E-state index contributed by atoms with van der Waals surface area (Å²) >= 11 is 3.17. The Hall–Kier alpha value is -2.35. The molecular formula is C19H15BrF3NO3. The summed E-state index contributed by atoms with van der Waals surface area (Å²) in [5.41, 5.74) is 1.48. The Bertz CT molecular complexity index is 848. The van der Waals surface area contributed by atoms with Crippen LogP contribution >= 0.6 is 15.9 Å². The molecule has 0 bridgehead atoms. The molecule has 0 fully saturated rings. The summed E-state index contributed by atoms with van der Waals surface area (Å²) in [6.07, 6.45) is -3.09. The van der Waals surface area contributed by atoms with Gasteiger partial charge in [0, 0.05) is 11.0 Å². The van der Waals surface area contributed by atoms with E-state index in [-0.39, 0.29) is 24.1 Å². The van der Waals surface area contributed by atoms with Crippen molar-refractivity contribution in [2.24, 2.45) is 0 Å². The molecule has 0 saturated heterocycles. The maximum absolute atomic E-state index is 12.4. The number of hydrogen-bond donors (Lipinski definition) is 0. The van der Waals surface area contributed by atoms with Gasteiger partial charge in [0.15, 0.2) is 0 Å². The van der Waals surface area contributed by atoms with Crippen molar-refractivity contribution in [3.63, 3.8) is 0 Å². The van der Waals surface area contributed by atoms with Crippen molar-refractivity contribution < 1.29 is 27.5 Å². The first-order valence-corrected chi connectivity index (χ1v) is 9.04. The average Bonchev–Trinajstić information content (AvgIpc) is 2.81. The van der Waals surface area contributed by atoms with Gasteiger partial charge in [-0.15, -0.1) is 13.2 Å². The first-order chi connectivity index (χ1) is 12.7. The van der Waals surface area contributed by atoms with E-state index in [2.05, 4.69) is 20.7 Å². The third-order valence-corrected chi connectivity index (χ3v) is 4.60. The zero-order valence-corrected chi connectivity index (χ0v) is 15.6. The number of nitrogens with zero attached hydrogens (tertiary/aromatic N) is 1. The minimum Gasteiger partial charge on any atom is -0.406 e. The number of alkyl halides is 3. The van der Waals surface area contributed by atoms with Gasteiger partial charge in [-0.25, -0.2) is 0 Å². The highest BCUT2D eigenvalue weighted by molar-refractivity contribution is 9.10. The zero-order chi connectivity index (χ0) is 19.6. The smallest absolute Gasteiger partial charge is 0.406 e. The van der Waals surface area contributed by atoms with Crippen LogP contribution in [0.5, 0.6) is 5.75 Å². The number of fused-ring (bicyclic) bond motifs is 1. The van der Waals surface area contributed by atoms with Gasteiger partial charge in [0.1, 0.15) is 5.75 Å². The molecule has 1 heterocycles. The highest BCUT2D eigenvalue weighted by Crippen LogP contribution is 2.28. The quantitative estimate of drug-likeness (QED) is 0.469. The Morgan fingerprint density at radius 1 is 0.963 bits per heavy atom. The van der Waals surface area contributed by atoms with Gasteiger partial charge >= 0.3 is 6.36 Å². The zero-order valence-electron chi connectivity index (χ0n) is 14.1. The molecule has 0 unspecified atom stereocenters. The Labute approximate surface area is 162 Å². The molecule has 3 rings (SSSR count). The predicted octanol–water partition coefficient (Wildman–Crippen LogP) is 4.97. The number of carbonyl (C=O) groups excluding carboxylic acids is 2. The SMILES string of the molecule is O=C1c2ccccc2C(=O)N1CCCCc1cc(Br)cc(OC(F)(F)F)c1. The van der Waals surface area contributed by atoms with E-state index in [1.54, 1.807) is 30.3 Å². The van der Waals surface area contributed by atoms with Crippen LogP contribution in [0.4, 0.5) is 13.2 Å². The summed E-state index contributed by atoms with van der Waals surface area (Å²) in [7, 11) is 0. The average molecular weight is 442 g/mol. The fraction of sp³-hybridized carbons (Fsp3) is 0.263. The number of halogens is 4. The summed E-state index contributed by atoms with van der Waals surface area (Å²) in [4.78, 5) is 25.8. The number of hydrogen-bond acceptors (Lipinski definition) is 3. The van der Waals surface area contributed by atoms with Gasteiger partial charge in [-0.05, 0) is 55.2 Å². The van der Waals surface area contributed by atoms with Crippen LogP contribution in [0.2, 0.25) is 0 Å². The molecule has 0 radical (unpaired) electrons. The minimum atomic E-state index is -4.75. The molecule has 1 aliphatic heterocycles. The topological polar surface area (TPSA) is 46.6 Å². The first kappa shape index (κ1) is 19.4. The van der Waals surface area contributed by atoms with Crippen LogP contribution < -0.4 is 4.74 Å². The van der Waals surface area contributed by atoms with E-state index in [9.17, 15) is 22.8 Å². The van der Waals surface area contributed by atoms with Crippen molar-refractivity contribution in [2.45, 2.75) is 25.6 Å². The van der Waals surface area contributed by atoms with Crippen LogP contribution in [0.25, 0.3) is 0 Å². The van der Waals surface area contributed by atoms with Crippen molar-refractivity contribution in [3.8, 4) is 5.75 Å². The normalized spacial score (nSPS) is 13.9. The lowest BCUT2D eigenvalue weighted by atomic mass is 10.1. The lowest BCUT2D eigenvalue weighted by Crippen LogP contribution is -2.30. The van der Waals surface area contributed by atoms with Gasteiger partial charge in [-0.1, -0.05) is 28.1 Å². The summed E-state index contributed by atoms with van der Waals surface area (Å²) in [5.74, 6) is -0.898. The second-order valence-corrected chi connectivity index (χ2v) is 7.02. The first-order valence-electron chi connectivity index (χ1n) is 8.25. The third-order valence-electron chi connectivity index (χ3n) is 4.14. The van der Waals surface area contributed by atoms with Crippen molar-refractivity contribution >= 4 is 27.7 Å². The standard InChI is InChI=1S/C19H15BrF3NO3/c20-13-9-12(10-14(11-13)27-19(21,22)23)5-3-4-8-24-17(25)15-6-1-2-7-16(15)18(24)26/h1-2,6-7,9-11H,3-5,8H2. The number of rotatable bonds is 6. The van der Waals surface area contributed by atoms with Crippen molar-refractivity contribution in [1.29, 1.82) is 0 Å². The molecule has 0 saturated carbocycles. The Balaban J connectivity index is 1.55. The molecule has 4 nitrogen and oxygen atoms in total. The molecule has 8 heteroatoms. The molecular weight excluding hydrogens is 427 g/mol. The molecule has 0 spiro atoms. The van der Waals surface area contributed by atoms with Gasteiger partial charge in [0.25, 0.3) is 11.8 Å². The summed E-state index contributed by atoms with van der Waals surface area (Å²) in [6, 6.07) is 11.0. The molecule has 0 aliphatic carbocycles. The van der Waals surface area contributed by atoms with E-state index in [0.717, 1.165) is 0 Å². The maximum Gasteiger partial charge on any atom is 0.573 e. The minimum absolute atomic E-state index is 0.270. The largest absolute Gasteiger partial charge is 0.573 e. The van der Waals surface area contributed by atoms with E-state index >= 15 is 0 Å². The Morgan fingerprint density at radius 3 is 2.19 bits per heavy atom. The number of amides is 2. The Kier molecular flexibility index (Phi) is 5.55. The number of benzene rings is 2.